The second-order valence-electron chi connectivity index (χ2n) is 3.90. The SMILES string of the molecule is N#Cc1ccc(NCc2c(O)cccc2Cl)c(Br)c1. The predicted molar refractivity (Wildman–Crippen MR) is 79.3 cm³/mol. The fourth-order valence-corrected chi connectivity index (χ4v) is 2.39. The lowest BCUT2D eigenvalue weighted by Gasteiger charge is -2.11. The van der Waals surface area contributed by atoms with E-state index >= 15 is 0 Å². The minimum Gasteiger partial charge on any atom is -0.508 e. The molecule has 0 bridgehead atoms. The van der Waals surface area contributed by atoms with Gasteiger partial charge in [0.2, 0.25) is 0 Å². The Morgan fingerprint density at radius 3 is 2.74 bits per heavy atom. The zero-order valence-corrected chi connectivity index (χ0v) is 12.2. The number of nitrogens with one attached hydrogen (secondary N) is 1. The molecule has 0 amide bonds. The molecule has 0 heterocycles. The van der Waals surface area contributed by atoms with Crippen LogP contribution in [-0.2, 0) is 6.54 Å². The third-order valence-corrected chi connectivity index (χ3v) is 3.66. The Labute approximate surface area is 124 Å². The third kappa shape index (κ3) is 3.19. The van der Waals surface area contributed by atoms with E-state index in [0.717, 1.165) is 10.2 Å². The van der Waals surface area contributed by atoms with E-state index in [4.69, 9.17) is 16.9 Å². The quantitative estimate of drug-likeness (QED) is 0.878. The van der Waals surface area contributed by atoms with Crippen LogP contribution in [0.5, 0.6) is 5.75 Å². The Kier molecular flexibility index (Phi) is 4.31. The second kappa shape index (κ2) is 5.96. The number of nitrogens with zero attached hydrogens (tertiary/aromatic N) is 1. The molecule has 3 nitrogen and oxygen atoms in total. The molecule has 0 fully saturated rings. The van der Waals surface area contributed by atoms with Gasteiger partial charge in [-0.15, -0.1) is 0 Å². The molecule has 2 aromatic rings. The number of hydrogen-bond acceptors (Lipinski definition) is 3. The molecule has 0 aromatic heterocycles. The summed E-state index contributed by atoms with van der Waals surface area (Å²) in [4.78, 5) is 0. The van der Waals surface area contributed by atoms with Crippen LogP contribution < -0.4 is 5.32 Å². The number of aromatic hydroxyl groups is 1. The smallest absolute Gasteiger partial charge is 0.122 e. The van der Waals surface area contributed by atoms with Gasteiger partial charge in [0.15, 0.2) is 0 Å². The summed E-state index contributed by atoms with van der Waals surface area (Å²) < 4.78 is 0.790. The predicted octanol–water partition coefficient (Wildman–Crippen LogP) is 4.29. The zero-order valence-electron chi connectivity index (χ0n) is 9.82. The number of phenolic OH excluding ortho intramolecular Hbond substituents is 1. The van der Waals surface area contributed by atoms with Crippen molar-refractivity contribution in [2.45, 2.75) is 6.54 Å². The standard InChI is InChI=1S/C14H10BrClN2O/c15-11-6-9(7-17)4-5-13(11)18-8-10-12(16)2-1-3-14(10)19/h1-6,18-19H,8H2. The van der Waals surface area contributed by atoms with E-state index in [-0.39, 0.29) is 5.75 Å². The van der Waals surface area contributed by atoms with Gasteiger partial charge < -0.3 is 10.4 Å². The van der Waals surface area contributed by atoms with E-state index in [9.17, 15) is 5.11 Å². The lowest BCUT2D eigenvalue weighted by atomic mass is 10.2. The maximum atomic E-state index is 9.74. The number of halogens is 2. The van der Waals surface area contributed by atoms with Gasteiger partial charge in [0, 0.05) is 27.3 Å². The van der Waals surface area contributed by atoms with E-state index in [2.05, 4.69) is 27.3 Å². The number of nitriles is 1. The molecular weight excluding hydrogens is 328 g/mol. The Balaban J connectivity index is 2.17. The van der Waals surface area contributed by atoms with Crippen molar-refractivity contribution in [3.63, 3.8) is 0 Å². The van der Waals surface area contributed by atoms with Crippen LogP contribution in [0.4, 0.5) is 5.69 Å². The molecule has 2 aromatic carbocycles. The van der Waals surface area contributed by atoms with Gasteiger partial charge >= 0.3 is 0 Å². The molecule has 0 unspecified atom stereocenters. The molecule has 19 heavy (non-hydrogen) atoms. The third-order valence-electron chi connectivity index (χ3n) is 2.65. The van der Waals surface area contributed by atoms with Gasteiger partial charge in [0.25, 0.3) is 0 Å². The monoisotopic (exact) mass is 336 g/mol. The van der Waals surface area contributed by atoms with Gasteiger partial charge in [-0.1, -0.05) is 17.7 Å². The first-order chi connectivity index (χ1) is 9.11. The molecule has 2 N–H and O–H groups in total. The number of rotatable bonds is 3. The Morgan fingerprint density at radius 2 is 2.11 bits per heavy atom. The minimum absolute atomic E-state index is 0.157. The van der Waals surface area contributed by atoms with E-state index in [1.54, 1.807) is 36.4 Å². The maximum Gasteiger partial charge on any atom is 0.122 e. The summed E-state index contributed by atoms with van der Waals surface area (Å²) >= 11 is 9.42. The molecule has 0 aliphatic carbocycles. The van der Waals surface area contributed by atoms with Crippen molar-refractivity contribution >= 4 is 33.2 Å². The topological polar surface area (TPSA) is 56.0 Å². The molecule has 0 aliphatic rings. The Morgan fingerprint density at radius 1 is 1.32 bits per heavy atom. The van der Waals surface area contributed by atoms with Crippen molar-refractivity contribution in [3.8, 4) is 11.8 Å². The summed E-state index contributed by atoms with van der Waals surface area (Å²) in [5, 5.41) is 22.2. The van der Waals surface area contributed by atoms with Crippen molar-refractivity contribution < 1.29 is 5.11 Å². The molecule has 0 spiro atoms. The van der Waals surface area contributed by atoms with Crippen LogP contribution in [-0.4, -0.2) is 5.11 Å². The van der Waals surface area contributed by atoms with E-state index < -0.39 is 0 Å². The summed E-state index contributed by atoms with van der Waals surface area (Å²) in [7, 11) is 0. The van der Waals surface area contributed by atoms with Gasteiger partial charge in [0.05, 0.1) is 11.6 Å². The van der Waals surface area contributed by atoms with E-state index in [0.29, 0.717) is 22.7 Å². The van der Waals surface area contributed by atoms with Crippen LogP contribution in [0.15, 0.2) is 40.9 Å². The lowest BCUT2D eigenvalue weighted by Crippen LogP contribution is -2.01. The molecule has 5 heteroatoms. The Hall–Kier alpha value is -1.70. The minimum atomic E-state index is 0.157. The first-order valence-corrected chi connectivity index (χ1v) is 6.69. The van der Waals surface area contributed by atoms with Crippen molar-refractivity contribution in [3.05, 3.63) is 57.0 Å². The number of benzene rings is 2. The highest BCUT2D eigenvalue weighted by molar-refractivity contribution is 9.10. The van der Waals surface area contributed by atoms with E-state index in [1.165, 1.54) is 0 Å². The van der Waals surface area contributed by atoms with Crippen LogP contribution in [0.3, 0.4) is 0 Å². The van der Waals surface area contributed by atoms with Crippen molar-refractivity contribution in [2.24, 2.45) is 0 Å². The van der Waals surface area contributed by atoms with Gasteiger partial charge in [-0.2, -0.15) is 5.26 Å². The molecule has 96 valence electrons. The molecular formula is C14H10BrClN2O. The van der Waals surface area contributed by atoms with Gasteiger partial charge in [-0.05, 0) is 46.3 Å². The molecule has 2 rings (SSSR count). The first-order valence-electron chi connectivity index (χ1n) is 5.51. The number of phenols is 1. The fourth-order valence-electron chi connectivity index (χ4n) is 1.63. The second-order valence-corrected chi connectivity index (χ2v) is 5.16. The summed E-state index contributed by atoms with van der Waals surface area (Å²) in [6.45, 7) is 0.399. The van der Waals surface area contributed by atoms with Crippen molar-refractivity contribution in [1.82, 2.24) is 0 Å². The highest BCUT2D eigenvalue weighted by atomic mass is 79.9. The lowest BCUT2D eigenvalue weighted by molar-refractivity contribution is 0.469. The maximum absolute atomic E-state index is 9.74. The highest BCUT2D eigenvalue weighted by Gasteiger charge is 2.07. The van der Waals surface area contributed by atoms with Crippen molar-refractivity contribution in [1.29, 1.82) is 5.26 Å². The Bertz CT molecular complexity index is 632. The number of anilines is 1. The number of hydrogen-bond donors (Lipinski definition) is 2. The van der Waals surface area contributed by atoms with Crippen LogP contribution >= 0.6 is 27.5 Å². The molecule has 0 aliphatic heterocycles. The molecule has 0 atom stereocenters. The van der Waals surface area contributed by atoms with Crippen LogP contribution in [0, 0.1) is 11.3 Å². The summed E-state index contributed by atoms with van der Waals surface area (Å²) in [6.07, 6.45) is 0. The fraction of sp³-hybridized carbons (Fsp3) is 0.0714. The van der Waals surface area contributed by atoms with Gasteiger partial charge in [0.1, 0.15) is 5.75 Å². The van der Waals surface area contributed by atoms with Crippen LogP contribution in [0.25, 0.3) is 0 Å². The first kappa shape index (κ1) is 13.7. The van der Waals surface area contributed by atoms with Crippen LogP contribution in [0.2, 0.25) is 5.02 Å². The van der Waals surface area contributed by atoms with E-state index in [1.807, 2.05) is 0 Å². The highest BCUT2D eigenvalue weighted by Crippen LogP contribution is 2.28. The van der Waals surface area contributed by atoms with Gasteiger partial charge in [-0.3, -0.25) is 0 Å². The largest absolute Gasteiger partial charge is 0.508 e. The normalized spacial score (nSPS) is 9.95. The molecule has 0 saturated carbocycles. The van der Waals surface area contributed by atoms with Gasteiger partial charge in [-0.25, -0.2) is 0 Å². The summed E-state index contributed by atoms with van der Waals surface area (Å²) in [5.74, 6) is 0.157. The summed E-state index contributed by atoms with van der Waals surface area (Å²) in [5.41, 5.74) is 2.05. The summed E-state index contributed by atoms with van der Waals surface area (Å²) in [6, 6.07) is 12.3. The average molecular weight is 338 g/mol. The molecule has 0 radical (unpaired) electrons. The molecule has 0 saturated heterocycles. The van der Waals surface area contributed by atoms with Crippen molar-refractivity contribution in [2.75, 3.05) is 5.32 Å². The average Bonchev–Trinajstić information content (AvgIpc) is 2.39. The van der Waals surface area contributed by atoms with Crippen LogP contribution in [0.1, 0.15) is 11.1 Å². The zero-order chi connectivity index (χ0) is 13.8.